The number of amides is 1. The van der Waals surface area contributed by atoms with E-state index in [0.29, 0.717) is 6.54 Å². The van der Waals surface area contributed by atoms with Crippen molar-refractivity contribution >= 4 is 17.6 Å². The van der Waals surface area contributed by atoms with Crippen LogP contribution in [0.25, 0.3) is 0 Å². The minimum absolute atomic E-state index is 0.148. The Morgan fingerprint density at radius 1 is 1.13 bits per heavy atom. The summed E-state index contributed by atoms with van der Waals surface area (Å²) in [6.07, 6.45) is 11.3. The van der Waals surface area contributed by atoms with Gasteiger partial charge in [-0.1, -0.05) is 44.2 Å². The minimum Gasteiger partial charge on any atom is -0.396 e. The van der Waals surface area contributed by atoms with Gasteiger partial charge in [0, 0.05) is 31.3 Å². The number of hydrogen-bond acceptors (Lipinski definition) is 3. The highest BCUT2D eigenvalue weighted by Crippen LogP contribution is 2.38. The van der Waals surface area contributed by atoms with Gasteiger partial charge in [-0.05, 0) is 62.1 Å². The molecular weight excluding hydrogens is 388 g/mol. The molecule has 1 aromatic rings. The Labute approximate surface area is 187 Å². The maximum absolute atomic E-state index is 12.4. The maximum Gasteiger partial charge on any atom is 0.227 e. The fourth-order valence-electron chi connectivity index (χ4n) is 5.02. The van der Waals surface area contributed by atoms with E-state index < -0.39 is 0 Å². The van der Waals surface area contributed by atoms with E-state index in [2.05, 4.69) is 22.9 Å². The summed E-state index contributed by atoms with van der Waals surface area (Å²) in [6.45, 7) is 4.51. The number of aliphatic imine (C=N–C) groups is 1. The molecule has 0 saturated heterocycles. The predicted molar refractivity (Wildman–Crippen MR) is 127 cm³/mol. The molecule has 0 heterocycles. The van der Waals surface area contributed by atoms with Gasteiger partial charge in [-0.15, -0.1) is 0 Å². The number of aliphatic hydroxyl groups is 1. The molecule has 0 unspecified atom stereocenters. The van der Waals surface area contributed by atoms with Gasteiger partial charge in [0.2, 0.25) is 5.91 Å². The van der Waals surface area contributed by atoms with Crippen molar-refractivity contribution in [1.29, 1.82) is 0 Å². The molecule has 1 aromatic carbocycles. The fraction of sp³-hybridized carbons (Fsp3) is 0.680. The summed E-state index contributed by atoms with van der Waals surface area (Å²) in [5.41, 5.74) is 2.10. The van der Waals surface area contributed by atoms with Crippen LogP contribution in [0.5, 0.6) is 0 Å². The van der Waals surface area contributed by atoms with Crippen molar-refractivity contribution in [2.45, 2.75) is 77.7 Å². The Hall–Kier alpha value is -2.08. The molecule has 0 spiro atoms. The van der Waals surface area contributed by atoms with Gasteiger partial charge in [0.15, 0.2) is 5.96 Å². The maximum atomic E-state index is 12.4. The number of aliphatic hydroxyl groups excluding tert-OH is 1. The first-order valence-corrected chi connectivity index (χ1v) is 12.2. The normalized spacial score (nSPS) is 19.2. The summed E-state index contributed by atoms with van der Waals surface area (Å²) >= 11 is 0. The van der Waals surface area contributed by atoms with Crippen LogP contribution in [-0.4, -0.2) is 36.7 Å². The van der Waals surface area contributed by atoms with E-state index >= 15 is 0 Å². The fourth-order valence-corrected chi connectivity index (χ4v) is 5.02. The van der Waals surface area contributed by atoms with Gasteiger partial charge in [0.25, 0.3) is 0 Å². The second kappa shape index (κ2) is 12.1. The summed E-state index contributed by atoms with van der Waals surface area (Å²) in [7, 11) is 0. The van der Waals surface area contributed by atoms with Crippen LogP contribution in [0.1, 0.15) is 76.7 Å². The predicted octanol–water partition coefficient (Wildman–Crippen LogP) is 4.20. The van der Waals surface area contributed by atoms with Crippen molar-refractivity contribution in [3.8, 4) is 0 Å². The average Bonchev–Trinajstić information content (AvgIpc) is 3.32. The van der Waals surface area contributed by atoms with E-state index in [0.717, 1.165) is 62.4 Å². The van der Waals surface area contributed by atoms with E-state index in [1.807, 2.05) is 24.3 Å². The molecule has 2 aliphatic carbocycles. The highest BCUT2D eigenvalue weighted by molar-refractivity contribution is 5.92. The van der Waals surface area contributed by atoms with E-state index in [1.54, 1.807) is 0 Å². The number of anilines is 1. The Kier molecular flexibility index (Phi) is 9.19. The van der Waals surface area contributed by atoms with E-state index in [4.69, 9.17) is 4.99 Å². The van der Waals surface area contributed by atoms with Crippen molar-refractivity contribution < 1.29 is 9.90 Å². The lowest BCUT2D eigenvalue weighted by molar-refractivity contribution is -0.119. The van der Waals surface area contributed by atoms with Crippen LogP contribution >= 0.6 is 0 Å². The van der Waals surface area contributed by atoms with Gasteiger partial charge in [0.1, 0.15) is 0 Å². The summed E-state index contributed by atoms with van der Waals surface area (Å²) in [4.78, 5) is 17.2. The molecule has 172 valence electrons. The molecule has 31 heavy (non-hydrogen) atoms. The monoisotopic (exact) mass is 428 g/mol. The lowest BCUT2D eigenvalue weighted by Crippen LogP contribution is -2.44. The topological polar surface area (TPSA) is 85.8 Å². The van der Waals surface area contributed by atoms with Crippen LogP contribution in [0.2, 0.25) is 0 Å². The smallest absolute Gasteiger partial charge is 0.227 e. The number of nitrogens with one attached hydrogen (secondary N) is 3. The van der Waals surface area contributed by atoms with Gasteiger partial charge in [-0.3, -0.25) is 4.79 Å². The number of guanidine groups is 1. The molecule has 0 radical (unpaired) electrons. The van der Waals surface area contributed by atoms with Gasteiger partial charge in [0.05, 0.1) is 6.54 Å². The Bertz CT molecular complexity index is 716. The largest absolute Gasteiger partial charge is 0.396 e. The third-order valence-electron chi connectivity index (χ3n) is 6.87. The number of carbonyl (C=O) groups excluding carboxylic acids is 1. The van der Waals surface area contributed by atoms with Crippen molar-refractivity contribution in [2.24, 2.45) is 16.3 Å². The van der Waals surface area contributed by atoms with E-state index in [1.165, 1.54) is 32.1 Å². The third kappa shape index (κ3) is 7.23. The van der Waals surface area contributed by atoms with Gasteiger partial charge in [-0.25, -0.2) is 4.99 Å². The summed E-state index contributed by atoms with van der Waals surface area (Å²) in [6, 6.07) is 8.00. The van der Waals surface area contributed by atoms with E-state index in [9.17, 15) is 9.90 Å². The zero-order chi connectivity index (χ0) is 21.9. The molecular formula is C25H40N4O2. The summed E-state index contributed by atoms with van der Waals surface area (Å²) < 4.78 is 0. The quantitative estimate of drug-likeness (QED) is 0.351. The van der Waals surface area contributed by atoms with Crippen LogP contribution in [0.3, 0.4) is 0 Å². The Balaban J connectivity index is 1.58. The number of hydrogen-bond donors (Lipinski definition) is 4. The number of nitrogens with zero attached hydrogens (tertiary/aromatic N) is 1. The van der Waals surface area contributed by atoms with Crippen LogP contribution in [0.15, 0.2) is 29.3 Å². The number of rotatable bonds is 9. The van der Waals surface area contributed by atoms with Crippen molar-refractivity contribution in [3.63, 3.8) is 0 Å². The van der Waals surface area contributed by atoms with Gasteiger partial charge in [-0.2, -0.15) is 0 Å². The molecule has 0 aliphatic heterocycles. The molecule has 0 bridgehead atoms. The van der Waals surface area contributed by atoms with Gasteiger partial charge < -0.3 is 21.1 Å². The Morgan fingerprint density at radius 3 is 2.61 bits per heavy atom. The van der Waals surface area contributed by atoms with Crippen molar-refractivity contribution in [2.75, 3.05) is 25.0 Å². The molecule has 6 nitrogen and oxygen atoms in total. The molecule has 3 rings (SSSR count). The summed E-state index contributed by atoms with van der Waals surface area (Å²) in [5, 5.41) is 19.5. The van der Waals surface area contributed by atoms with Gasteiger partial charge >= 0.3 is 0 Å². The highest BCUT2D eigenvalue weighted by Gasteiger charge is 2.31. The molecule has 4 N–H and O–H groups in total. The Morgan fingerprint density at radius 2 is 1.90 bits per heavy atom. The highest BCUT2D eigenvalue weighted by atomic mass is 16.3. The SMILES string of the molecule is CCNC(=NCc1cccc(NC(=O)C2CCCC2)c1)NCC1(CCO)CCCCC1. The third-order valence-corrected chi connectivity index (χ3v) is 6.87. The summed E-state index contributed by atoms with van der Waals surface area (Å²) in [5.74, 6) is 1.12. The van der Waals surface area contributed by atoms with Crippen LogP contribution in [0, 0.1) is 11.3 Å². The lowest BCUT2D eigenvalue weighted by Gasteiger charge is -2.37. The molecule has 2 saturated carbocycles. The second-order valence-electron chi connectivity index (χ2n) is 9.25. The van der Waals surface area contributed by atoms with E-state index in [-0.39, 0.29) is 23.8 Å². The first-order valence-electron chi connectivity index (χ1n) is 12.2. The second-order valence-corrected chi connectivity index (χ2v) is 9.25. The zero-order valence-corrected chi connectivity index (χ0v) is 19.1. The van der Waals surface area contributed by atoms with Crippen LogP contribution < -0.4 is 16.0 Å². The minimum atomic E-state index is 0.148. The molecule has 2 aliphatic rings. The first kappa shape index (κ1) is 23.6. The first-order chi connectivity index (χ1) is 15.1. The standard InChI is InChI=1S/C25H40N4O2/c1-2-26-24(28-19-25(15-16-30)13-6-3-7-14-25)27-18-20-9-8-12-22(17-20)29-23(31)21-10-4-5-11-21/h8-9,12,17,21,30H,2-7,10-11,13-16,18-19H2,1H3,(H,29,31)(H2,26,27,28). The van der Waals surface area contributed by atoms with Crippen molar-refractivity contribution in [1.82, 2.24) is 10.6 Å². The number of benzene rings is 1. The zero-order valence-electron chi connectivity index (χ0n) is 19.1. The molecule has 0 aromatic heterocycles. The molecule has 1 amide bonds. The lowest BCUT2D eigenvalue weighted by atomic mass is 9.72. The molecule has 0 atom stereocenters. The van der Waals surface area contributed by atoms with Crippen LogP contribution in [-0.2, 0) is 11.3 Å². The molecule has 6 heteroatoms. The van der Waals surface area contributed by atoms with Crippen LogP contribution in [0.4, 0.5) is 5.69 Å². The number of carbonyl (C=O) groups is 1. The van der Waals surface area contributed by atoms with Crippen molar-refractivity contribution in [3.05, 3.63) is 29.8 Å². The molecule has 2 fully saturated rings. The average molecular weight is 429 g/mol.